The summed E-state index contributed by atoms with van der Waals surface area (Å²) in [5, 5.41) is 16.0. The monoisotopic (exact) mass is 488 g/mol. The van der Waals surface area contributed by atoms with Crippen molar-refractivity contribution in [1.82, 2.24) is 30.0 Å². The van der Waals surface area contributed by atoms with Gasteiger partial charge < -0.3 is 25.5 Å². The fourth-order valence-corrected chi connectivity index (χ4v) is 5.22. The van der Waals surface area contributed by atoms with Gasteiger partial charge >= 0.3 is 11.8 Å². The van der Waals surface area contributed by atoms with Crippen LogP contribution in [0.1, 0.15) is 61.3 Å². The van der Waals surface area contributed by atoms with Crippen LogP contribution in [0.5, 0.6) is 5.75 Å². The van der Waals surface area contributed by atoms with Crippen LogP contribution in [-0.4, -0.2) is 81.8 Å². The molecule has 4 heterocycles. The molecule has 4 aliphatic rings. The highest BCUT2D eigenvalue weighted by atomic mass is 16.3. The Bertz CT molecular complexity index is 1100. The highest BCUT2D eigenvalue weighted by Crippen LogP contribution is 2.42. The van der Waals surface area contributed by atoms with E-state index in [1.165, 1.54) is 23.6 Å². The van der Waals surface area contributed by atoms with Gasteiger partial charge in [-0.1, -0.05) is 0 Å². The van der Waals surface area contributed by atoms with Gasteiger partial charge in [-0.2, -0.15) is 0 Å². The molecule has 190 valence electrons. The number of carbonyl (C=O) groups is 4. The number of aromatic hydroxyl groups is 1. The molecule has 12 heteroatoms. The third kappa shape index (κ3) is 4.73. The number of nitrogens with one attached hydrogen (secondary N) is 2. The molecule has 2 fully saturated rings. The minimum absolute atomic E-state index is 0.101. The minimum Gasteiger partial charge on any atom is -0.501 e. The van der Waals surface area contributed by atoms with Crippen molar-refractivity contribution in [3.63, 3.8) is 0 Å². The lowest BCUT2D eigenvalue weighted by Crippen LogP contribution is -2.53. The number of rotatable bonds is 6. The van der Waals surface area contributed by atoms with Gasteiger partial charge in [-0.05, 0) is 44.4 Å². The van der Waals surface area contributed by atoms with E-state index >= 15 is 0 Å². The molecule has 1 aromatic heterocycles. The van der Waals surface area contributed by atoms with Crippen LogP contribution < -0.4 is 16.2 Å². The number of hydrogen-bond acceptors (Lipinski definition) is 7. The smallest absolute Gasteiger partial charge is 0.311 e. The fourth-order valence-electron chi connectivity index (χ4n) is 5.22. The highest BCUT2D eigenvalue weighted by Gasteiger charge is 2.46. The van der Waals surface area contributed by atoms with Crippen molar-refractivity contribution >= 4 is 23.6 Å². The van der Waals surface area contributed by atoms with Crippen molar-refractivity contribution in [2.24, 2.45) is 5.92 Å². The zero-order chi connectivity index (χ0) is 25.3. The molecule has 3 aliphatic heterocycles. The Morgan fingerprint density at radius 3 is 2.54 bits per heavy atom. The molecule has 1 saturated heterocycles. The molecule has 12 nitrogen and oxygen atoms in total. The number of fused-ring (bicyclic) bond motifs is 2. The van der Waals surface area contributed by atoms with E-state index in [-0.39, 0.29) is 24.2 Å². The number of carbonyl (C=O) groups excluding carboxylic acids is 4. The van der Waals surface area contributed by atoms with Gasteiger partial charge in [-0.15, -0.1) is 0 Å². The van der Waals surface area contributed by atoms with Gasteiger partial charge in [0.2, 0.25) is 11.7 Å². The molecule has 3 N–H and O–H groups in total. The lowest BCUT2D eigenvalue weighted by molar-refractivity contribution is -0.145. The molecule has 4 amide bonds. The molecule has 1 saturated carbocycles. The molecule has 0 unspecified atom stereocenters. The first-order valence-corrected chi connectivity index (χ1v) is 12.1. The van der Waals surface area contributed by atoms with E-state index in [0.29, 0.717) is 58.2 Å². The Balaban J connectivity index is 1.58. The fraction of sp³-hybridized carbons (Fsp3) is 0.652. The van der Waals surface area contributed by atoms with Crippen molar-refractivity contribution in [2.45, 2.75) is 57.0 Å². The number of likely N-dealkylation sites (tertiary alicyclic amines) is 1. The van der Waals surface area contributed by atoms with Crippen LogP contribution in [0.25, 0.3) is 0 Å². The van der Waals surface area contributed by atoms with Gasteiger partial charge in [-0.25, -0.2) is 4.98 Å². The largest absolute Gasteiger partial charge is 0.501 e. The lowest BCUT2D eigenvalue weighted by atomic mass is 9.77. The number of amides is 4. The molecule has 2 bridgehead atoms. The molecule has 1 aliphatic carbocycles. The van der Waals surface area contributed by atoms with Crippen molar-refractivity contribution in [3.05, 3.63) is 21.9 Å². The summed E-state index contributed by atoms with van der Waals surface area (Å²) in [7, 11) is 2.95. The SMILES string of the molecule is CN(C)C(=O)C(=O)NC12CCC(CC1)Cn1c2nc(C(=O)NCCCN2CCCC2=O)c(O)c1=O. The van der Waals surface area contributed by atoms with Gasteiger partial charge in [0.15, 0.2) is 5.69 Å². The maximum Gasteiger partial charge on any atom is 0.311 e. The maximum absolute atomic E-state index is 13.1. The number of aromatic nitrogens is 2. The van der Waals surface area contributed by atoms with E-state index in [4.69, 9.17) is 0 Å². The molecule has 1 aromatic rings. The normalized spacial score (nSPS) is 23.0. The summed E-state index contributed by atoms with van der Waals surface area (Å²) >= 11 is 0. The highest BCUT2D eigenvalue weighted by molar-refractivity contribution is 6.35. The van der Waals surface area contributed by atoms with Crippen LogP contribution in [-0.2, 0) is 26.5 Å². The van der Waals surface area contributed by atoms with Crippen LogP contribution >= 0.6 is 0 Å². The van der Waals surface area contributed by atoms with Crippen molar-refractivity contribution in [2.75, 3.05) is 33.7 Å². The van der Waals surface area contributed by atoms with E-state index in [2.05, 4.69) is 15.6 Å². The predicted octanol–water partition coefficient (Wildman–Crippen LogP) is -0.705. The number of nitrogens with zero attached hydrogens (tertiary/aromatic N) is 4. The summed E-state index contributed by atoms with van der Waals surface area (Å²) in [4.78, 5) is 69.9. The van der Waals surface area contributed by atoms with Crippen LogP contribution in [0.4, 0.5) is 0 Å². The maximum atomic E-state index is 13.1. The second kappa shape index (κ2) is 9.67. The van der Waals surface area contributed by atoms with Crippen molar-refractivity contribution in [3.8, 4) is 5.75 Å². The zero-order valence-electron chi connectivity index (χ0n) is 20.1. The molecule has 0 spiro atoms. The summed E-state index contributed by atoms with van der Waals surface area (Å²) in [5.74, 6) is -2.54. The Labute approximate surface area is 202 Å². The molecule has 0 radical (unpaired) electrons. The van der Waals surface area contributed by atoms with Crippen LogP contribution in [0, 0.1) is 5.92 Å². The standard InChI is InChI=1S/C23H32N6O6/c1-27(2)21(35)19(33)26-23-8-6-14(7-9-23)13-29-20(34)17(31)16(25-22(23)29)18(32)24-10-4-12-28-11-3-5-15(28)30/h14,31H,3-13H2,1-2H3,(H,24,32)(H,26,33). The van der Waals surface area contributed by atoms with Crippen LogP contribution in [0.2, 0.25) is 0 Å². The molecule has 0 aromatic carbocycles. The summed E-state index contributed by atoms with van der Waals surface area (Å²) in [6, 6.07) is 0. The summed E-state index contributed by atoms with van der Waals surface area (Å²) < 4.78 is 1.33. The first-order chi connectivity index (χ1) is 16.6. The first kappa shape index (κ1) is 24.7. The zero-order valence-corrected chi connectivity index (χ0v) is 20.1. The average Bonchev–Trinajstić information content (AvgIpc) is 3.10. The molecule has 35 heavy (non-hydrogen) atoms. The second-order valence-electron chi connectivity index (χ2n) is 9.82. The third-order valence-electron chi connectivity index (χ3n) is 7.20. The third-order valence-corrected chi connectivity index (χ3v) is 7.20. The summed E-state index contributed by atoms with van der Waals surface area (Å²) in [6.07, 6.45) is 4.24. The molecule has 0 atom stereocenters. The summed E-state index contributed by atoms with van der Waals surface area (Å²) in [6.45, 7) is 1.78. The topological polar surface area (TPSA) is 154 Å². The van der Waals surface area contributed by atoms with Gasteiger partial charge in [0.25, 0.3) is 11.5 Å². The van der Waals surface area contributed by atoms with Gasteiger partial charge in [0.1, 0.15) is 5.82 Å². The van der Waals surface area contributed by atoms with Gasteiger partial charge in [0, 0.05) is 46.7 Å². The Hall–Kier alpha value is -3.44. The molecular formula is C23H32N6O6. The minimum atomic E-state index is -1.09. The summed E-state index contributed by atoms with van der Waals surface area (Å²) in [5.41, 5.74) is -2.24. The van der Waals surface area contributed by atoms with Gasteiger partial charge in [-0.3, -0.25) is 28.5 Å². The van der Waals surface area contributed by atoms with Crippen molar-refractivity contribution < 1.29 is 24.3 Å². The number of likely N-dealkylation sites (N-methyl/N-ethyl adjacent to an activating group) is 1. The Morgan fingerprint density at radius 2 is 1.91 bits per heavy atom. The average molecular weight is 489 g/mol. The Kier molecular flexibility index (Phi) is 6.82. The van der Waals surface area contributed by atoms with Crippen LogP contribution in [0.15, 0.2) is 4.79 Å². The number of hydrogen-bond donors (Lipinski definition) is 3. The van der Waals surface area contributed by atoms with E-state index in [1.807, 2.05) is 0 Å². The van der Waals surface area contributed by atoms with E-state index in [1.54, 1.807) is 4.90 Å². The van der Waals surface area contributed by atoms with Gasteiger partial charge in [0.05, 0.1) is 5.54 Å². The predicted molar refractivity (Wildman–Crippen MR) is 123 cm³/mol. The van der Waals surface area contributed by atoms with Crippen LogP contribution in [0.3, 0.4) is 0 Å². The van der Waals surface area contributed by atoms with E-state index in [9.17, 15) is 29.1 Å². The molecule has 5 rings (SSSR count). The second-order valence-corrected chi connectivity index (χ2v) is 9.82. The van der Waals surface area contributed by atoms with Crippen molar-refractivity contribution in [1.29, 1.82) is 0 Å². The quantitative estimate of drug-likeness (QED) is 0.353. The first-order valence-electron chi connectivity index (χ1n) is 12.1. The Morgan fingerprint density at radius 1 is 1.20 bits per heavy atom. The molecular weight excluding hydrogens is 456 g/mol. The van der Waals surface area contributed by atoms with E-state index < -0.39 is 40.3 Å². The lowest BCUT2D eigenvalue weighted by Gasteiger charge is -2.37. The van der Waals surface area contributed by atoms with E-state index in [0.717, 1.165) is 6.42 Å².